The predicted molar refractivity (Wildman–Crippen MR) is 96.4 cm³/mol. The lowest BCUT2D eigenvalue weighted by Gasteiger charge is -2.42. The Morgan fingerprint density at radius 1 is 1.20 bits per heavy atom. The van der Waals surface area contributed by atoms with Crippen molar-refractivity contribution in [1.82, 2.24) is 14.8 Å². The van der Waals surface area contributed by atoms with Crippen LogP contribution in [0.25, 0.3) is 0 Å². The first-order valence-electron chi connectivity index (χ1n) is 10.1. The highest BCUT2D eigenvalue weighted by Gasteiger charge is 2.43. The van der Waals surface area contributed by atoms with Crippen LogP contribution in [0.15, 0.2) is 10.8 Å². The molecule has 1 aliphatic carbocycles. The number of piperidine rings is 1. The Morgan fingerprint density at radius 2 is 2.04 bits per heavy atom. The van der Waals surface area contributed by atoms with Gasteiger partial charge in [0.15, 0.2) is 6.39 Å². The first kappa shape index (κ1) is 17.1. The minimum atomic E-state index is 0.0243. The number of hydrogen-bond acceptors (Lipinski definition) is 4. The molecular weight excluding hydrogens is 314 g/mol. The van der Waals surface area contributed by atoms with Gasteiger partial charge in [-0.2, -0.15) is 0 Å². The average Bonchev–Trinajstić information content (AvgIpc) is 3.22. The molecule has 3 fully saturated rings. The smallest absolute Gasteiger partial charge is 0.291 e. The lowest BCUT2D eigenvalue weighted by Crippen LogP contribution is -2.47. The van der Waals surface area contributed by atoms with Crippen LogP contribution in [0.4, 0.5) is 0 Å². The number of amides is 1. The number of nitrogens with zero attached hydrogens (tertiary/aromatic N) is 3. The van der Waals surface area contributed by atoms with Crippen molar-refractivity contribution in [3.8, 4) is 0 Å². The second kappa shape index (κ2) is 7.10. The molecule has 2 saturated heterocycles. The molecule has 1 unspecified atom stereocenters. The third-order valence-corrected chi connectivity index (χ3v) is 6.65. The van der Waals surface area contributed by atoms with Crippen LogP contribution in [0.3, 0.4) is 0 Å². The molecular formula is C20H31N3O2. The number of carbonyl (C=O) groups is 1. The molecule has 2 aliphatic heterocycles. The van der Waals surface area contributed by atoms with Gasteiger partial charge in [0.25, 0.3) is 5.91 Å². The largest absolute Gasteiger partial charge is 0.438 e. The van der Waals surface area contributed by atoms with Crippen LogP contribution in [0.1, 0.15) is 67.6 Å². The van der Waals surface area contributed by atoms with Crippen LogP contribution in [-0.4, -0.2) is 53.4 Å². The molecule has 3 heterocycles. The Labute approximate surface area is 150 Å². The highest BCUT2D eigenvalue weighted by Crippen LogP contribution is 2.40. The van der Waals surface area contributed by atoms with Crippen molar-refractivity contribution in [3.05, 3.63) is 17.8 Å². The van der Waals surface area contributed by atoms with Gasteiger partial charge in [0, 0.05) is 31.6 Å². The summed E-state index contributed by atoms with van der Waals surface area (Å²) in [4.78, 5) is 21.5. The molecule has 1 atom stereocenters. The predicted octanol–water partition coefficient (Wildman–Crippen LogP) is 3.49. The van der Waals surface area contributed by atoms with Crippen LogP contribution < -0.4 is 0 Å². The Kier molecular flexibility index (Phi) is 4.85. The van der Waals surface area contributed by atoms with Gasteiger partial charge in [0.05, 0.1) is 5.69 Å². The fourth-order valence-corrected chi connectivity index (χ4v) is 5.29. The van der Waals surface area contributed by atoms with E-state index in [-0.39, 0.29) is 5.91 Å². The summed E-state index contributed by atoms with van der Waals surface area (Å²) in [5.74, 6) is 1.35. The summed E-state index contributed by atoms with van der Waals surface area (Å²) >= 11 is 0. The van der Waals surface area contributed by atoms with Gasteiger partial charge in [-0.15, -0.1) is 0 Å². The summed E-state index contributed by atoms with van der Waals surface area (Å²) in [7, 11) is 0. The molecule has 1 amide bonds. The Hall–Kier alpha value is -1.36. The van der Waals surface area contributed by atoms with E-state index in [2.05, 4.69) is 9.88 Å². The van der Waals surface area contributed by atoms with E-state index in [0.29, 0.717) is 16.9 Å². The van der Waals surface area contributed by atoms with Gasteiger partial charge in [-0.25, -0.2) is 4.98 Å². The van der Waals surface area contributed by atoms with Gasteiger partial charge in [0.1, 0.15) is 0 Å². The Balaban J connectivity index is 1.37. The van der Waals surface area contributed by atoms with Crippen molar-refractivity contribution < 1.29 is 9.21 Å². The number of hydrogen-bond donors (Lipinski definition) is 0. The molecule has 138 valence electrons. The molecule has 3 aliphatic rings. The molecule has 1 saturated carbocycles. The van der Waals surface area contributed by atoms with Crippen LogP contribution >= 0.6 is 0 Å². The lowest BCUT2D eigenvalue weighted by atomic mass is 9.78. The van der Waals surface area contributed by atoms with Crippen molar-refractivity contribution >= 4 is 5.91 Å². The van der Waals surface area contributed by atoms with Crippen LogP contribution in [0.5, 0.6) is 0 Å². The molecule has 1 spiro atoms. The van der Waals surface area contributed by atoms with Gasteiger partial charge in [0.2, 0.25) is 5.76 Å². The summed E-state index contributed by atoms with van der Waals surface area (Å²) in [6.07, 6.45) is 12.1. The topological polar surface area (TPSA) is 49.6 Å². The van der Waals surface area contributed by atoms with E-state index in [4.69, 9.17) is 4.42 Å². The molecule has 0 bridgehead atoms. The van der Waals surface area contributed by atoms with Crippen molar-refractivity contribution in [2.45, 2.75) is 58.3 Å². The number of oxazole rings is 1. The van der Waals surface area contributed by atoms with E-state index in [1.165, 1.54) is 71.0 Å². The van der Waals surface area contributed by atoms with Crippen LogP contribution in [0, 0.1) is 18.3 Å². The molecule has 0 N–H and O–H groups in total. The van der Waals surface area contributed by atoms with E-state index in [9.17, 15) is 4.79 Å². The summed E-state index contributed by atoms with van der Waals surface area (Å²) in [5, 5.41) is 0. The van der Waals surface area contributed by atoms with Crippen LogP contribution in [0.2, 0.25) is 0 Å². The third-order valence-electron chi connectivity index (χ3n) is 6.65. The molecule has 0 aromatic carbocycles. The first-order valence-corrected chi connectivity index (χ1v) is 10.1. The quantitative estimate of drug-likeness (QED) is 0.841. The summed E-state index contributed by atoms with van der Waals surface area (Å²) in [5.41, 5.74) is 1.00. The fraction of sp³-hybridized carbons (Fsp3) is 0.800. The van der Waals surface area contributed by atoms with E-state index in [1.807, 2.05) is 11.8 Å². The molecule has 4 rings (SSSR count). The Morgan fingerprint density at radius 3 is 2.80 bits per heavy atom. The van der Waals surface area contributed by atoms with Gasteiger partial charge in [-0.05, 0) is 51.5 Å². The van der Waals surface area contributed by atoms with E-state index in [1.54, 1.807) is 0 Å². The monoisotopic (exact) mass is 345 g/mol. The second-order valence-electron chi connectivity index (χ2n) is 8.59. The standard InChI is InChI=1S/C20H31N3O2/c1-16-18(25-15-21-16)19(24)23-11-9-20(14-23)8-5-10-22(13-20)12-17-6-3-2-4-7-17/h15,17H,2-14H2,1H3. The number of aryl methyl sites for hydroxylation is 1. The van der Waals surface area contributed by atoms with Gasteiger partial charge < -0.3 is 14.2 Å². The van der Waals surface area contributed by atoms with Crippen molar-refractivity contribution in [1.29, 1.82) is 0 Å². The van der Waals surface area contributed by atoms with Gasteiger partial charge in [-0.3, -0.25) is 4.79 Å². The highest BCUT2D eigenvalue weighted by molar-refractivity contribution is 5.92. The Bertz CT molecular complexity index is 608. The maximum absolute atomic E-state index is 12.7. The maximum Gasteiger partial charge on any atom is 0.291 e. The minimum Gasteiger partial charge on any atom is -0.438 e. The molecule has 5 heteroatoms. The number of likely N-dealkylation sites (tertiary alicyclic amines) is 2. The lowest BCUT2D eigenvalue weighted by molar-refractivity contribution is 0.0611. The SMILES string of the molecule is Cc1ncoc1C(=O)N1CCC2(CCCN(CC3CCCCC3)C2)C1. The van der Waals surface area contributed by atoms with Crippen LogP contribution in [-0.2, 0) is 0 Å². The second-order valence-corrected chi connectivity index (χ2v) is 8.59. The third kappa shape index (κ3) is 3.62. The summed E-state index contributed by atoms with van der Waals surface area (Å²) < 4.78 is 5.32. The van der Waals surface area contributed by atoms with Crippen molar-refractivity contribution in [3.63, 3.8) is 0 Å². The minimum absolute atomic E-state index is 0.0243. The molecule has 0 radical (unpaired) electrons. The number of aromatic nitrogens is 1. The molecule has 25 heavy (non-hydrogen) atoms. The zero-order chi connectivity index (χ0) is 17.3. The first-order chi connectivity index (χ1) is 12.2. The molecule has 1 aromatic heterocycles. The van der Waals surface area contributed by atoms with Gasteiger partial charge >= 0.3 is 0 Å². The molecule has 5 nitrogen and oxygen atoms in total. The average molecular weight is 345 g/mol. The van der Waals surface area contributed by atoms with E-state index >= 15 is 0 Å². The molecule has 1 aromatic rings. The maximum atomic E-state index is 12.7. The zero-order valence-corrected chi connectivity index (χ0v) is 15.5. The van der Waals surface area contributed by atoms with Crippen molar-refractivity contribution in [2.24, 2.45) is 11.3 Å². The fourth-order valence-electron chi connectivity index (χ4n) is 5.29. The zero-order valence-electron chi connectivity index (χ0n) is 15.5. The van der Waals surface area contributed by atoms with Gasteiger partial charge in [-0.1, -0.05) is 19.3 Å². The summed E-state index contributed by atoms with van der Waals surface area (Å²) in [6, 6.07) is 0. The van der Waals surface area contributed by atoms with Crippen molar-refractivity contribution in [2.75, 3.05) is 32.7 Å². The van der Waals surface area contributed by atoms with E-state index < -0.39 is 0 Å². The number of carbonyl (C=O) groups excluding carboxylic acids is 1. The number of rotatable bonds is 3. The highest BCUT2D eigenvalue weighted by atomic mass is 16.3. The van der Waals surface area contributed by atoms with E-state index in [0.717, 1.165) is 25.4 Å². The summed E-state index contributed by atoms with van der Waals surface area (Å²) in [6.45, 7) is 7.27. The normalized spacial score (nSPS) is 28.8.